The Kier molecular flexibility index (Phi) is 4.29. The molecule has 0 saturated carbocycles. The number of rotatable bonds is 3. The van der Waals surface area contributed by atoms with Crippen molar-refractivity contribution in [3.8, 4) is 5.69 Å². The van der Waals surface area contributed by atoms with Crippen molar-refractivity contribution in [1.29, 1.82) is 0 Å². The van der Waals surface area contributed by atoms with Gasteiger partial charge in [0.15, 0.2) is 0 Å². The van der Waals surface area contributed by atoms with Gasteiger partial charge in [0.25, 0.3) is 5.56 Å². The lowest BCUT2D eigenvalue weighted by Crippen LogP contribution is -2.17. The molecule has 0 bridgehead atoms. The number of imidazole rings is 1. The Morgan fingerprint density at radius 2 is 1.73 bits per heavy atom. The van der Waals surface area contributed by atoms with E-state index in [1.54, 1.807) is 23.0 Å². The fourth-order valence-corrected chi connectivity index (χ4v) is 4.01. The predicted molar refractivity (Wildman–Crippen MR) is 123 cm³/mol. The molecule has 0 fully saturated rings. The number of H-pyrrole nitrogens is 3. The van der Waals surface area contributed by atoms with Crippen LogP contribution >= 0.6 is 15.9 Å². The van der Waals surface area contributed by atoms with Crippen LogP contribution in [0.25, 0.3) is 27.5 Å². The second kappa shape index (κ2) is 7.00. The average Bonchev–Trinajstić information content (AvgIpc) is 3.23. The number of halogens is 1. The Labute approximate surface area is 178 Å². The zero-order chi connectivity index (χ0) is 20.8. The molecule has 0 saturated heterocycles. The molecule has 5 rings (SSSR count). The molecule has 5 aromatic rings. The molecule has 0 unspecified atom stereocenters. The van der Waals surface area contributed by atoms with Gasteiger partial charge in [0.1, 0.15) is 0 Å². The minimum absolute atomic E-state index is 0.181. The van der Waals surface area contributed by atoms with Crippen molar-refractivity contribution >= 4 is 49.6 Å². The molecule has 0 aliphatic heterocycles. The van der Waals surface area contributed by atoms with E-state index in [1.807, 2.05) is 49.4 Å². The number of aromatic nitrogens is 4. The Morgan fingerprint density at radius 3 is 2.57 bits per heavy atom. The summed E-state index contributed by atoms with van der Waals surface area (Å²) in [5.41, 5.74) is 3.44. The van der Waals surface area contributed by atoms with Crippen molar-refractivity contribution in [2.24, 2.45) is 4.99 Å². The predicted octanol–water partition coefficient (Wildman–Crippen LogP) is 4.31. The van der Waals surface area contributed by atoms with E-state index in [4.69, 9.17) is 0 Å². The summed E-state index contributed by atoms with van der Waals surface area (Å²) in [6.07, 6.45) is 1.55. The van der Waals surface area contributed by atoms with E-state index < -0.39 is 0 Å². The maximum absolute atomic E-state index is 13.1. The molecule has 2 heterocycles. The van der Waals surface area contributed by atoms with Crippen LogP contribution in [0.3, 0.4) is 0 Å². The Hall–Kier alpha value is -3.65. The van der Waals surface area contributed by atoms with Gasteiger partial charge in [0.2, 0.25) is 0 Å². The lowest BCUT2D eigenvalue weighted by molar-refractivity contribution is 0.841. The number of hydrogen-bond acceptors (Lipinski definition) is 3. The topological polar surface area (TPSA) is 98.8 Å². The number of fused-ring (bicyclic) bond motifs is 2. The van der Waals surface area contributed by atoms with Crippen LogP contribution in [-0.2, 0) is 0 Å². The van der Waals surface area contributed by atoms with Crippen LogP contribution in [0.4, 0.5) is 5.69 Å². The summed E-state index contributed by atoms with van der Waals surface area (Å²) in [7, 11) is 0. The third-order valence-electron chi connectivity index (χ3n) is 5.04. The second-order valence-electron chi connectivity index (χ2n) is 6.98. The number of aryl methyl sites for hydroxylation is 1. The quantitative estimate of drug-likeness (QED) is 0.348. The molecule has 0 radical (unpaired) electrons. The number of nitrogens with zero attached hydrogens (tertiary/aromatic N) is 2. The zero-order valence-electron chi connectivity index (χ0n) is 15.9. The van der Waals surface area contributed by atoms with Crippen molar-refractivity contribution in [3.63, 3.8) is 0 Å². The van der Waals surface area contributed by atoms with E-state index in [2.05, 4.69) is 36.0 Å². The number of aliphatic imine (C=N–C) groups is 1. The smallest absolute Gasteiger partial charge is 0.306 e. The van der Waals surface area contributed by atoms with Gasteiger partial charge >= 0.3 is 5.69 Å². The normalized spacial score (nSPS) is 11.8. The van der Waals surface area contributed by atoms with Crippen LogP contribution in [-0.4, -0.2) is 26.0 Å². The standard InChI is InChI=1S/C22H16BrN5O2/c1-12-15(11-24-17-10-19-18(9-16(17)23)25-22(30)26-19)21(29)28(27-12)20-8-4-6-13-5-2-3-7-14(13)20/h2-11,27H,1H3,(H2,25,26,30). The van der Waals surface area contributed by atoms with Gasteiger partial charge in [0.05, 0.1) is 28.0 Å². The first-order valence-corrected chi connectivity index (χ1v) is 10.1. The Morgan fingerprint density at radius 1 is 1.00 bits per heavy atom. The van der Waals surface area contributed by atoms with Crippen LogP contribution < -0.4 is 11.2 Å². The van der Waals surface area contributed by atoms with Crippen molar-refractivity contribution < 1.29 is 0 Å². The van der Waals surface area contributed by atoms with Gasteiger partial charge in [-0.25, -0.2) is 9.48 Å². The minimum Gasteiger partial charge on any atom is -0.306 e. The summed E-state index contributed by atoms with van der Waals surface area (Å²) in [5.74, 6) is 0. The van der Waals surface area contributed by atoms with Gasteiger partial charge < -0.3 is 9.97 Å². The third-order valence-corrected chi connectivity index (χ3v) is 5.68. The summed E-state index contributed by atoms with van der Waals surface area (Å²) >= 11 is 3.47. The number of hydrogen-bond donors (Lipinski definition) is 3. The van der Waals surface area contributed by atoms with E-state index >= 15 is 0 Å². The summed E-state index contributed by atoms with van der Waals surface area (Å²) < 4.78 is 2.25. The Balaban J connectivity index is 1.60. The first-order valence-electron chi connectivity index (χ1n) is 9.26. The van der Waals surface area contributed by atoms with Crippen molar-refractivity contribution in [2.75, 3.05) is 0 Å². The molecule has 7 nitrogen and oxygen atoms in total. The summed E-state index contributed by atoms with van der Waals surface area (Å²) in [4.78, 5) is 34.5. The van der Waals surface area contributed by atoms with Gasteiger partial charge in [0, 0.05) is 21.8 Å². The monoisotopic (exact) mass is 461 g/mol. The number of benzene rings is 3. The van der Waals surface area contributed by atoms with E-state index in [9.17, 15) is 9.59 Å². The molecule has 0 atom stereocenters. The molecule has 8 heteroatoms. The average molecular weight is 462 g/mol. The lowest BCUT2D eigenvalue weighted by Gasteiger charge is -2.06. The molecule has 148 valence electrons. The molecule has 3 aromatic carbocycles. The number of aromatic amines is 3. The molecule has 2 aromatic heterocycles. The fourth-order valence-electron chi connectivity index (χ4n) is 3.56. The van der Waals surface area contributed by atoms with Gasteiger partial charge in [-0.05, 0) is 46.4 Å². The molecular weight excluding hydrogens is 446 g/mol. The van der Waals surface area contributed by atoms with Gasteiger partial charge in [-0.2, -0.15) is 0 Å². The first-order chi connectivity index (χ1) is 14.5. The van der Waals surface area contributed by atoms with Gasteiger partial charge in [-0.1, -0.05) is 36.4 Å². The second-order valence-corrected chi connectivity index (χ2v) is 7.83. The molecule has 3 N–H and O–H groups in total. The summed E-state index contributed by atoms with van der Waals surface area (Å²) in [6, 6.07) is 17.3. The molecule has 0 amide bonds. The molecule has 30 heavy (non-hydrogen) atoms. The van der Waals surface area contributed by atoms with Crippen LogP contribution in [0, 0.1) is 6.92 Å². The highest BCUT2D eigenvalue weighted by Gasteiger charge is 2.13. The summed E-state index contributed by atoms with van der Waals surface area (Å²) in [6.45, 7) is 1.84. The van der Waals surface area contributed by atoms with Crippen molar-refractivity contribution in [3.05, 3.63) is 91.2 Å². The van der Waals surface area contributed by atoms with E-state index in [-0.39, 0.29) is 11.2 Å². The zero-order valence-corrected chi connectivity index (χ0v) is 17.4. The molecule has 0 aliphatic carbocycles. The lowest BCUT2D eigenvalue weighted by atomic mass is 10.1. The van der Waals surface area contributed by atoms with Crippen molar-refractivity contribution in [2.45, 2.75) is 6.92 Å². The maximum Gasteiger partial charge on any atom is 0.323 e. The van der Waals surface area contributed by atoms with Crippen LogP contribution in [0.5, 0.6) is 0 Å². The van der Waals surface area contributed by atoms with E-state index in [1.165, 1.54) is 0 Å². The molecule has 0 aliphatic rings. The Bertz CT molecular complexity index is 1560. The van der Waals surface area contributed by atoms with Crippen molar-refractivity contribution in [1.82, 2.24) is 19.7 Å². The third kappa shape index (κ3) is 3.02. The van der Waals surface area contributed by atoms with Crippen LogP contribution in [0.15, 0.2) is 73.7 Å². The van der Waals surface area contributed by atoms with E-state index in [0.29, 0.717) is 32.5 Å². The number of nitrogens with one attached hydrogen (secondary N) is 3. The summed E-state index contributed by atoms with van der Waals surface area (Å²) in [5, 5.41) is 5.19. The molecule has 0 spiro atoms. The highest BCUT2D eigenvalue weighted by Crippen LogP contribution is 2.29. The minimum atomic E-state index is -0.280. The van der Waals surface area contributed by atoms with Crippen LogP contribution in [0.2, 0.25) is 0 Å². The highest BCUT2D eigenvalue weighted by atomic mass is 79.9. The molecular formula is C22H16BrN5O2. The fraction of sp³-hybridized carbons (Fsp3) is 0.0455. The largest absolute Gasteiger partial charge is 0.323 e. The maximum atomic E-state index is 13.1. The van der Waals surface area contributed by atoms with E-state index in [0.717, 1.165) is 16.5 Å². The first kappa shape index (κ1) is 18.4. The van der Waals surface area contributed by atoms with Gasteiger partial charge in [-0.3, -0.25) is 14.9 Å². The highest BCUT2D eigenvalue weighted by molar-refractivity contribution is 9.10. The van der Waals surface area contributed by atoms with Gasteiger partial charge in [-0.15, -0.1) is 0 Å². The SMILES string of the molecule is Cc1[nH]n(-c2cccc3ccccc23)c(=O)c1C=Nc1cc2[nH]c(=O)[nH]c2cc1Br. The van der Waals surface area contributed by atoms with Crippen LogP contribution in [0.1, 0.15) is 11.3 Å².